The van der Waals surface area contributed by atoms with E-state index >= 15 is 0 Å². The fourth-order valence-electron chi connectivity index (χ4n) is 10.5. The van der Waals surface area contributed by atoms with Gasteiger partial charge in [0.25, 0.3) is 0 Å². The normalized spacial score (nSPS) is 11.8. The summed E-state index contributed by atoms with van der Waals surface area (Å²) in [6.07, 6.45) is 0. The molecule has 0 aliphatic carbocycles. The molecule has 0 saturated carbocycles. The van der Waals surface area contributed by atoms with Gasteiger partial charge in [0.2, 0.25) is 5.95 Å². The second-order valence-corrected chi connectivity index (χ2v) is 17.6. The van der Waals surface area contributed by atoms with Crippen molar-refractivity contribution >= 4 is 65.4 Å². The van der Waals surface area contributed by atoms with E-state index in [1.807, 2.05) is 24.3 Å². The van der Waals surface area contributed by atoms with Gasteiger partial charge >= 0.3 is 0 Å². The van der Waals surface area contributed by atoms with E-state index in [1.54, 1.807) is 0 Å². The highest BCUT2D eigenvalue weighted by Crippen LogP contribution is 2.43. The van der Waals surface area contributed by atoms with Crippen molar-refractivity contribution in [3.63, 3.8) is 0 Å². The van der Waals surface area contributed by atoms with Crippen LogP contribution in [0.1, 0.15) is 0 Å². The van der Waals surface area contributed by atoms with E-state index in [4.69, 9.17) is 15.0 Å². The monoisotopic (exact) mass is 880 g/mol. The van der Waals surface area contributed by atoms with E-state index in [9.17, 15) is 0 Å². The van der Waals surface area contributed by atoms with Crippen LogP contribution in [0.4, 0.5) is 0 Å². The minimum absolute atomic E-state index is 0.554. The maximum absolute atomic E-state index is 5.39. The van der Waals surface area contributed by atoms with Crippen molar-refractivity contribution in [2.75, 3.05) is 0 Å². The number of hydrogen-bond acceptors (Lipinski definition) is 3. The maximum atomic E-state index is 5.39. The summed E-state index contributed by atoms with van der Waals surface area (Å²) in [5, 5.41) is 7.01. The van der Waals surface area contributed by atoms with Crippen molar-refractivity contribution < 1.29 is 0 Å². The average molecular weight is 881 g/mol. The minimum Gasteiger partial charge on any atom is -0.309 e. The maximum Gasteiger partial charge on any atom is 0.238 e. The molecule has 0 unspecified atom stereocenters. The Morgan fingerprint density at radius 3 is 1.22 bits per heavy atom. The van der Waals surface area contributed by atoms with Gasteiger partial charge in [-0.15, -0.1) is 0 Å². The molecule has 0 atom stereocenters. The summed E-state index contributed by atoms with van der Waals surface area (Å²) in [4.78, 5) is 15.9. The molecular formula is C63H40N6. The second-order valence-electron chi connectivity index (χ2n) is 17.6. The molecule has 322 valence electrons. The summed E-state index contributed by atoms with van der Waals surface area (Å²) >= 11 is 0. The van der Waals surface area contributed by atoms with Crippen LogP contribution in [0.15, 0.2) is 243 Å². The molecule has 0 aliphatic heterocycles. The molecule has 6 heteroatoms. The first kappa shape index (κ1) is 38.8. The first-order chi connectivity index (χ1) is 34.2. The molecular weight excluding hydrogens is 841 g/mol. The van der Waals surface area contributed by atoms with Crippen molar-refractivity contribution in [1.29, 1.82) is 0 Å². The van der Waals surface area contributed by atoms with Crippen molar-refractivity contribution in [2.24, 2.45) is 0 Å². The fourth-order valence-corrected chi connectivity index (χ4v) is 10.5. The zero-order valence-electron chi connectivity index (χ0n) is 37.3. The number of fused-ring (bicyclic) bond motifs is 10. The lowest BCUT2D eigenvalue weighted by molar-refractivity contribution is 0.953. The van der Waals surface area contributed by atoms with Crippen LogP contribution in [-0.2, 0) is 0 Å². The summed E-state index contributed by atoms with van der Waals surface area (Å²) in [5.41, 5.74) is 15.3. The van der Waals surface area contributed by atoms with Crippen LogP contribution in [0.2, 0.25) is 0 Å². The molecule has 0 fully saturated rings. The molecule has 0 radical (unpaired) electrons. The summed E-state index contributed by atoms with van der Waals surface area (Å²) in [7, 11) is 0. The molecule has 0 saturated heterocycles. The van der Waals surface area contributed by atoms with Gasteiger partial charge in [-0.3, -0.25) is 4.57 Å². The number of para-hydroxylation sites is 4. The quantitative estimate of drug-likeness (QED) is 0.160. The largest absolute Gasteiger partial charge is 0.309 e. The van der Waals surface area contributed by atoms with Crippen LogP contribution >= 0.6 is 0 Å². The zero-order chi connectivity index (χ0) is 45.4. The summed E-state index contributed by atoms with van der Waals surface area (Å²) in [6.45, 7) is 0. The number of benzene rings is 10. The van der Waals surface area contributed by atoms with Crippen molar-refractivity contribution in [3.8, 4) is 62.4 Å². The third-order valence-electron chi connectivity index (χ3n) is 13.7. The van der Waals surface area contributed by atoms with Crippen LogP contribution in [0.3, 0.4) is 0 Å². The van der Waals surface area contributed by atoms with E-state index in [1.165, 1.54) is 27.4 Å². The third kappa shape index (κ3) is 6.23. The van der Waals surface area contributed by atoms with Gasteiger partial charge in [-0.1, -0.05) is 182 Å². The second kappa shape index (κ2) is 15.6. The Hall–Kier alpha value is -9.39. The van der Waals surface area contributed by atoms with Gasteiger partial charge in [-0.25, -0.2) is 4.98 Å². The lowest BCUT2D eigenvalue weighted by atomic mass is 10.0. The molecule has 0 N–H and O–H groups in total. The summed E-state index contributed by atoms with van der Waals surface area (Å²) < 4.78 is 7.05. The van der Waals surface area contributed by atoms with Gasteiger partial charge in [0, 0.05) is 54.8 Å². The lowest BCUT2D eigenvalue weighted by Crippen LogP contribution is -2.07. The van der Waals surface area contributed by atoms with Crippen LogP contribution in [-0.4, -0.2) is 28.7 Å². The first-order valence-electron chi connectivity index (χ1n) is 23.4. The highest BCUT2D eigenvalue weighted by atomic mass is 15.2. The molecule has 4 heterocycles. The van der Waals surface area contributed by atoms with Crippen molar-refractivity contribution in [2.45, 2.75) is 0 Å². The number of rotatable bonds is 7. The van der Waals surface area contributed by atoms with Gasteiger partial charge < -0.3 is 9.13 Å². The Kier molecular flexibility index (Phi) is 8.79. The lowest BCUT2D eigenvalue weighted by Gasteiger charge is -2.13. The molecule has 0 amide bonds. The molecule has 0 aliphatic rings. The zero-order valence-corrected chi connectivity index (χ0v) is 37.3. The average Bonchev–Trinajstić information content (AvgIpc) is 4.07. The van der Waals surface area contributed by atoms with E-state index in [0.717, 1.165) is 82.8 Å². The summed E-state index contributed by atoms with van der Waals surface area (Å²) in [6, 6.07) is 86.3. The van der Waals surface area contributed by atoms with E-state index in [0.29, 0.717) is 17.6 Å². The Morgan fingerprint density at radius 1 is 0.232 bits per heavy atom. The van der Waals surface area contributed by atoms with Gasteiger partial charge in [-0.05, 0) is 82.9 Å². The first-order valence-corrected chi connectivity index (χ1v) is 23.4. The molecule has 69 heavy (non-hydrogen) atoms. The van der Waals surface area contributed by atoms with Crippen LogP contribution < -0.4 is 0 Å². The Labute approximate surface area is 397 Å². The predicted molar refractivity (Wildman–Crippen MR) is 285 cm³/mol. The standard InChI is InChI=1S/C63H40N6/c1-5-17-41(18-6-1)42-29-31-44(32-30-42)62-64-61(43-19-7-2-8-20-43)65-63(66-62)69-56-28-16-13-25-49(56)51-35-36-52-54-40-46(34-38-58(54)68(59(52)60(51)69)48-23-11-4-12-24-48)45-33-37-57-53(39-45)50-26-14-15-27-55(50)67(57)47-21-9-3-10-22-47/h1-40H. The van der Waals surface area contributed by atoms with Crippen LogP contribution in [0.25, 0.3) is 128 Å². The number of hydrogen-bond donors (Lipinski definition) is 0. The van der Waals surface area contributed by atoms with E-state index in [-0.39, 0.29) is 0 Å². The molecule has 4 aromatic heterocycles. The third-order valence-corrected chi connectivity index (χ3v) is 13.7. The van der Waals surface area contributed by atoms with Gasteiger partial charge in [0.1, 0.15) is 0 Å². The predicted octanol–water partition coefficient (Wildman–Crippen LogP) is 15.8. The molecule has 14 aromatic rings. The fraction of sp³-hybridized carbons (Fsp3) is 0. The molecule has 6 nitrogen and oxygen atoms in total. The molecule has 10 aromatic carbocycles. The van der Waals surface area contributed by atoms with E-state index in [2.05, 4.69) is 232 Å². The van der Waals surface area contributed by atoms with Crippen LogP contribution in [0, 0.1) is 0 Å². The highest BCUT2D eigenvalue weighted by Gasteiger charge is 2.24. The molecule has 0 spiro atoms. The van der Waals surface area contributed by atoms with Crippen LogP contribution in [0.5, 0.6) is 0 Å². The van der Waals surface area contributed by atoms with Gasteiger partial charge in [0.05, 0.1) is 33.1 Å². The topological polar surface area (TPSA) is 53.5 Å². The number of aromatic nitrogens is 6. The number of nitrogens with zero attached hydrogens (tertiary/aromatic N) is 6. The van der Waals surface area contributed by atoms with Gasteiger partial charge in [0.15, 0.2) is 11.6 Å². The SMILES string of the molecule is c1ccc(-c2ccc(-c3nc(-c4ccccc4)nc(-n4c5ccccc5c5ccc6c7cc(-c8ccc9c(c8)c8ccccc8n9-c8ccccc8)ccc7n(-c7ccccc7)c6c54)n3)cc2)cc1. The smallest absolute Gasteiger partial charge is 0.238 e. The Bertz CT molecular complexity index is 4270. The molecule has 14 rings (SSSR count). The Morgan fingerprint density at radius 2 is 0.609 bits per heavy atom. The van der Waals surface area contributed by atoms with E-state index < -0.39 is 0 Å². The minimum atomic E-state index is 0.554. The van der Waals surface area contributed by atoms with Crippen molar-refractivity contribution in [1.82, 2.24) is 28.7 Å². The molecule has 0 bridgehead atoms. The summed E-state index contributed by atoms with van der Waals surface area (Å²) in [5.74, 6) is 1.77. The van der Waals surface area contributed by atoms with Gasteiger partial charge in [-0.2, -0.15) is 9.97 Å². The van der Waals surface area contributed by atoms with Crippen molar-refractivity contribution in [3.05, 3.63) is 243 Å². The highest BCUT2D eigenvalue weighted by molar-refractivity contribution is 6.24. The Balaban J connectivity index is 1.02.